The van der Waals surface area contributed by atoms with Crippen molar-refractivity contribution in [3.8, 4) is 5.88 Å². The van der Waals surface area contributed by atoms with E-state index in [4.69, 9.17) is 5.73 Å². The molecule has 4 bridgehead atoms. The highest BCUT2D eigenvalue weighted by Gasteiger charge is 2.58. The van der Waals surface area contributed by atoms with Crippen molar-refractivity contribution in [3.63, 3.8) is 0 Å². The van der Waals surface area contributed by atoms with Gasteiger partial charge in [-0.05, 0) is 55.9 Å². The first kappa shape index (κ1) is 14.5. The minimum Gasteiger partial charge on any atom is -0.493 e. The number of nitrogens with two attached hydrogens (primary N) is 1. The number of aromatic hydroxyl groups is 1. The van der Waals surface area contributed by atoms with E-state index in [1.165, 1.54) is 6.07 Å². The van der Waals surface area contributed by atoms with Crippen molar-refractivity contribution >= 4 is 11.8 Å². The van der Waals surface area contributed by atoms with Crippen LogP contribution in [0.25, 0.3) is 0 Å². The molecule has 6 nitrogen and oxygen atoms in total. The van der Waals surface area contributed by atoms with Crippen molar-refractivity contribution in [1.29, 1.82) is 0 Å². The Kier molecular flexibility index (Phi) is 3.11. The van der Waals surface area contributed by atoms with Crippen molar-refractivity contribution in [2.45, 2.75) is 38.1 Å². The SMILES string of the molecule is NC(=O)C12CC3CC(C1)C(NC(=O)c1cccc(O)n1)C(C3)C2. The molecule has 1 aromatic rings. The second kappa shape index (κ2) is 4.94. The lowest BCUT2D eigenvalue weighted by molar-refractivity contribution is -0.145. The number of rotatable bonds is 3. The van der Waals surface area contributed by atoms with E-state index < -0.39 is 0 Å². The second-order valence-electron chi connectivity index (χ2n) is 7.49. The van der Waals surface area contributed by atoms with Gasteiger partial charge < -0.3 is 16.2 Å². The number of carbonyl (C=O) groups is 2. The number of hydrogen-bond acceptors (Lipinski definition) is 4. The number of primary amides is 1. The molecule has 4 aliphatic carbocycles. The third-order valence-corrected chi connectivity index (χ3v) is 6.06. The van der Waals surface area contributed by atoms with Gasteiger partial charge in [0.25, 0.3) is 5.91 Å². The molecule has 5 rings (SSSR count). The van der Waals surface area contributed by atoms with Crippen LogP contribution < -0.4 is 11.1 Å². The highest BCUT2D eigenvalue weighted by molar-refractivity contribution is 5.92. The van der Waals surface area contributed by atoms with Crippen LogP contribution >= 0.6 is 0 Å². The molecule has 4 aliphatic rings. The van der Waals surface area contributed by atoms with Gasteiger partial charge in [0.05, 0.1) is 0 Å². The first-order chi connectivity index (χ1) is 11.0. The average molecular weight is 315 g/mol. The lowest BCUT2D eigenvalue weighted by Crippen LogP contribution is -2.62. The van der Waals surface area contributed by atoms with E-state index in [1.807, 2.05) is 0 Å². The van der Waals surface area contributed by atoms with Gasteiger partial charge in [-0.25, -0.2) is 4.98 Å². The van der Waals surface area contributed by atoms with Crippen LogP contribution in [-0.4, -0.2) is 27.9 Å². The van der Waals surface area contributed by atoms with Crippen LogP contribution in [0.3, 0.4) is 0 Å². The Hall–Kier alpha value is -2.11. The van der Waals surface area contributed by atoms with Crippen molar-refractivity contribution in [2.75, 3.05) is 0 Å². The monoisotopic (exact) mass is 315 g/mol. The Morgan fingerprint density at radius 2 is 1.91 bits per heavy atom. The standard InChI is InChI=1S/C17H21N3O3/c18-16(23)17-6-9-4-10(7-17)14(11(5-9)8-17)20-15(22)12-2-1-3-13(21)19-12/h1-3,9-11,14H,4-8H2,(H2,18,23)(H,19,21)(H,20,22). The summed E-state index contributed by atoms with van der Waals surface area (Å²) < 4.78 is 0. The van der Waals surface area contributed by atoms with E-state index in [2.05, 4.69) is 10.3 Å². The minimum atomic E-state index is -0.346. The number of aromatic nitrogens is 1. The number of hydrogen-bond donors (Lipinski definition) is 3. The van der Waals surface area contributed by atoms with Crippen LogP contribution in [0.1, 0.15) is 42.6 Å². The molecule has 0 saturated heterocycles. The molecule has 23 heavy (non-hydrogen) atoms. The summed E-state index contributed by atoms with van der Waals surface area (Å²) in [6, 6.07) is 4.72. The highest BCUT2D eigenvalue weighted by Crippen LogP contribution is 2.59. The highest BCUT2D eigenvalue weighted by atomic mass is 16.3. The predicted molar refractivity (Wildman–Crippen MR) is 82.3 cm³/mol. The maximum Gasteiger partial charge on any atom is 0.270 e. The Morgan fingerprint density at radius 1 is 1.22 bits per heavy atom. The molecule has 6 heteroatoms. The Balaban J connectivity index is 1.53. The smallest absolute Gasteiger partial charge is 0.270 e. The van der Waals surface area contributed by atoms with Crippen LogP contribution in [0.4, 0.5) is 0 Å². The van der Waals surface area contributed by atoms with E-state index >= 15 is 0 Å². The molecule has 0 spiro atoms. The van der Waals surface area contributed by atoms with Gasteiger partial charge in [-0.3, -0.25) is 9.59 Å². The molecule has 122 valence electrons. The zero-order valence-electron chi connectivity index (χ0n) is 12.9. The number of nitrogens with one attached hydrogen (secondary N) is 1. The molecule has 4 N–H and O–H groups in total. The molecule has 2 atom stereocenters. The summed E-state index contributed by atoms with van der Waals surface area (Å²) in [5.74, 6) is 0.607. The maximum atomic E-state index is 12.4. The molecule has 1 heterocycles. The maximum absolute atomic E-state index is 12.4. The lowest BCUT2D eigenvalue weighted by atomic mass is 9.47. The third kappa shape index (κ3) is 2.28. The first-order valence-electron chi connectivity index (χ1n) is 8.24. The van der Waals surface area contributed by atoms with Gasteiger partial charge >= 0.3 is 0 Å². The predicted octanol–water partition coefficient (Wildman–Crippen LogP) is 1.20. The second-order valence-corrected chi connectivity index (χ2v) is 7.49. The number of nitrogens with zero attached hydrogens (tertiary/aromatic N) is 1. The normalized spacial score (nSPS) is 37.6. The fraction of sp³-hybridized carbons (Fsp3) is 0.588. The van der Waals surface area contributed by atoms with Gasteiger partial charge in [-0.1, -0.05) is 6.07 Å². The topological polar surface area (TPSA) is 105 Å². The zero-order valence-corrected chi connectivity index (χ0v) is 12.9. The Morgan fingerprint density at radius 3 is 2.52 bits per heavy atom. The van der Waals surface area contributed by atoms with Crippen molar-refractivity contribution in [1.82, 2.24) is 10.3 Å². The van der Waals surface area contributed by atoms with E-state index in [1.54, 1.807) is 12.1 Å². The van der Waals surface area contributed by atoms with Crippen LogP contribution in [0.5, 0.6) is 5.88 Å². The van der Waals surface area contributed by atoms with Crippen molar-refractivity contribution in [2.24, 2.45) is 28.9 Å². The van der Waals surface area contributed by atoms with E-state index in [0.717, 1.165) is 32.1 Å². The van der Waals surface area contributed by atoms with Crippen LogP contribution in [-0.2, 0) is 4.79 Å². The summed E-state index contributed by atoms with van der Waals surface area (Å²) in [6.07, 6.45) is 4.61. The van der Waals surface area contributed by atoms with Crippen LogP contribution in [0, 0.1) is 23.2 Å². The molecule has 2 amide bonds. The van der Waals surface area contributed by atoms with E-state index in [9.17, 15) is 14.7 Å². The molecule has 2 unspecified atom stereocenters. The summed E-state index contributed by atoms with van der Waals surface area (Å²) >= 11 is 0. The fourth-order valence-electron chi connectivity index (χ4n) is 5.34. The van der Waals surface area contributed by atoms with E-state index in [0.29, 0.717) is 17.8 Å². The van der Waals surface area contributed by atoms with E-state index in [-0.39, 0.29) is 34.8 Å². The number of pyridine rings is 1. The van der Waals surface area contributed by atoms with Gasteiger partial charge in [0.2, 0.25) is 11.8 Å². The molecular formula is C17H21N3O3. The molecular weight excluding hydrogens is 294 g/mol. The average Bonchev–Trinajstić information content (AvgIpc) is 2.50. The summed E-state index contributed by atoms with van der Waals surface area (Å²) in [7, 11) is 0. The minimum absolute atomic E-state index is 0.0793. The largest absolute Gasteiger partial charge is 0.493 e. The summed E-state index contributed by atoms with van der Waals surface area (Å²) in [4.78, 5) is 28.2. The molecule has 0 aliphatic heterocycles. The van der Waals surface area contributed by atoms with Gasteiger partial charge in [-0.15, -0.1) is 0 Å². The molecule has 1 aromatic heterocycles. The summed E-state index contributed by atoms with van der Waals surface area (Å²) in [6.45, 7) is 0. The Bertz CT molecular complexity index is 659. The van der Waals surface area contributed by atoms with Crippen molar-refractivity contribution in [3.05, 3.63) is 23.9 Å². The number of carbonyl (C=O) groups excluding carboxylic acids is 2. The third-order valence-electron chi connectivity index (χ3n) is 6.06. The van der Waals surface area contributed by atoms with Crippen LogP contribution in [0.15, 0.2) is 18.2 Å². The lowest BCUT2D eigenvalue weighted by Gasteiger charge is -2.58. The summed E-state index contributed by atoms with van der Waals surface area (Å²) in [5.41, 5.74) is 5.56. The van der Waals surface area contributed by atoms with Gasteiger partial charge in [0, 0.05) is 17.5 Å². The van der Waals surface area contributed by atoms with Crippen LogP contribution in [0.2, 0.25) is 0 Å². The molecule has 0 aromatic carbocycles. The Labute approximate surface area is 134 Å². The van der Waals surface area contributed by atoms with Gasteiger partial charge in [-0.2, -0.15) is 0 Å². The molecule has 4 fully saturated rings. The quantitative estimate of drug-likeness (QED) is 0.779. The molecule has 4 saturated carbocycles. The zero-order chi connectivity index (χ0) is 16.2. The van der Waals surface area contributed by atoms with Gasteiger partial charge in [0.15, 0.2) is 0 Å². The number of amides is 2. The first-order valence-corrected chi connectivity index (χ1v) is 8.24. The fourth-order valence-corrected chi connectivity index (χ4v) is 5.34. The summed E-state index contributed by atoms with van der Waals surface area (Å²) in [5, 5.41) is 12.5. The van der Waals surface area contributed by atoms with Gasteiger partial charge in [0.1, 0.15) is 5.69 Å². The molecule has 0 radical (unpaired) electrons. The van der Waals surface area contributed by atoms with Crippen molar-refractivity contribution < 1.29 is 14.7 Å².